The second kappa shape index (κ2) is 15.6. The summed E-state index contributed by atoms with van der Waals surface area (Å²) in [6.45, 7) is 2.78. The van der Waals surface area contributed by atoms with Gasteiger partial charge in [0.2, 0.25) is 0 Å². The molecule has 0 atom stereocenters. The second-order valence-electron chi connectivity index (χ2n) is 9.20. The van der Waals surface area contributed by atoms with Crippen molar-refractivity contribution in [2.24, 2.45) is 7.05 Å². The van der Waals surface area contributed by atoms with Crippen LogP contribution in [0.2, 0.25) is 0 Å². The van der Waals surface area contributed by atoms with Crippen LogP contribution in [0.5, 0.6) is 5.75 Å². The van der Waals surface area contributed by atoms with Gasteiger partial charge in [-0.05, 0) is 18.6 Å². The Morgan fingerprint density at radius 3 is 1.82 bits per heavy atom. The van der Waals surface area contributed by atoms with Gasteiger partial charge in [0.15, 0.2) is 0 Å². The Labute approximate surface area is 198 Å². The molecule has 1 aromatic heterocycles. The van der Waals surface area contributed by atoms with Crippen molar-refractivity contribution in [3.8, 4) is 5.75 Å². The zero-order valence-corrected chi connectivity index (χ0v) is 20.7. The minimum Gasteiger partial charge on any atom is -0.494 e. The Balaban J connectivity index is 1.50. The van der Waals surface area contributed by atoms with Crippen LogP contribution < -0.4 is 10.4 Å². The van der Waals surface area contributed by atoms with Crippen LogP contribution in [-0.2, 0) is 7.05 Å². The molecule has 1 N–H and O–H groups in total. The number of carbonyl (C=O) groups is 1. The van der Waals surface area contributed by atoms with E-state index < -0.39 is 11.6 Å². The van der Waals surface area contributed by atoms with Crippen molar-refractivity contribution in [3.63, 3.8) is 0 Å². The summed E-state index contributed by atoms with van der Waals surface area (Å²) in [5.41, 5.74) is -0.257. The van der Waals surface area contributed by atoms with Crippen molar-refractivity contribution >= 4 is 16.9 Å². The Morgan fingerprint density at radius 2 is 1.33 bits per heavy atom. The SMILES string of the molecule is CCCCCCCCCCCCCCCCCCOc1cc(C(=O)O)c2c(c1)c(=O)on2C. The summed E-state index contributed by atoms with van der Waals surface area (Å²) in [5, 5.41) is 9.68. The van der Waals surface area contributed by atoms with Crippen LogP contribution in [0.15, 0.2) is 21.5 Å². The number of aromatic nitrogens is 1. The van der Waals surface area contributed by atoms with E-state index in [9.17, 15) is 14.7 Å². The molecule has 0 saturated heterocycles. The van der Waals surface area contributed by atoms with E-state index in [1.807, 2.05) is 0 Å². The molecule has 0 radical (unpaired) electrons. The van der Waals surface area contributed by atoms with Crippen LogP contribution >= 0.6 is 0 Å². The molecule has 0 unspecified atom stereocenters. The zero-order valence-electron chi connectivity index (χ0n) is 20.7. The average Bonchev–Trinajstić information content (AvgIpc) is 3.08. The van der Waals surface area contributed by atoms with Crippen LogP contribution in [0.4, 0.5) is 0 Å². The summed E-state index contributed by atoms with van der Waals surface area (Å²) in [6.07, 6.45) is 21.0. The van der Waals surface area contributed by atoms with E-state index in [0.29, 0.717) is 12.4 Å². The number of aryl methyl sites for hydroxylation is 1. The summed E-state index contributed by atoms with van der Waals surface area (Å²) < 4.78 is 11.9. The first-order valence-corrected chi connectivity index (χ1v) is 13.0. The standard InChI is InChI=1S/C27H43NO5/c1-3-4-5-6-7-8-9-10-11-12-13-14-15-16-17-18-19-32-22-20-23(26(29)30)25-24(21-22)27(31)33-28(25)2/h20-21H,3-19H2,1-2H3,(H,29,30). The van der Waals surface area contributed by atoms with Gasteiger partial charge in [0.25, 0.3) is 0 Å². The van der Waals surface area contributed by atoms with Gasteiger partial charge in [0.05, 0.1) is 17.6 Å². The van der Waals surface area contributed by atoms with Gasteiger partial charge in [-0.15, -0.1) is 0 Å². The van der Waals surface area contributed by atoms with Gasteiger partial charge >= 0.3 is 11.6 Å². The monoisotopic (exact) mass is 461 g/mol. The van der Waals surface area contributed by atoms with Gasteiger partial charge in [-0.25, -0.2) is 14.3 Å². The molecule has 0 fully saturated rings. The van der Waals surface area contributed by atoms with Gasteiger partial charge in [-0.1, -0.05) is 103 Å². The van der Waals surface area contributed by atoms with E-state index in [1.54, 1.807) is 6.07 Å². The number of aromatic carboxylic acids is 1. The molecule has 33 heavy (non-hydrogen) atoms. The first-order chi connectivity index (χ1) is 16.0. The van der Waals surface area contributed by atoms with Crippen molar-refractivity contribution in [1.29, 1.82) is 0 Å². The number of fused-ring (bicyclic) bond motifs is 1. The predicted molar refractivity (Wildman–Crippen MR) is 133 cm³/mol. The van der Waals surface area contributed by atoms with E-state index in [2.05, 4.69) is 6.92 Å². The van der Waals surface area contributed by atoms with Crippen LogP contribution in [0.1, 0.15) is 120 Å². The number of unbranched alkanes of at least 4 members (excludes halogenated alkanes) is 15. The minimum absolute atomic E-state index is 0.0165. The van der Waals surface area contributed by atoms with Crippen molar-refractivity contribution in [1.82, 2.24) is 4.74 Å². The van der Waals surface area contributed by atoms with Crippen LogP contribution in [0.3, 0.4) is 0 Å². The molecule has 6 heteroatoms. The number of hydrogen-bond donors (Lipinski definition) is 1. The lowest BCUT2D eigenvalue weighted by molar-refractivity contribution is 0.0697. The lowest BCUT2D eigenvalue weighted by Gasteiger charge is -2.08. The molecule has 186 valence electrons. The summed E-state index contributed by atoms with van der Waals surface area (Å²) in [4.78, 5) is 23.5. The maximum Gasteiger partial charge on any atom is 0.365 e. The number of rotatable bonds is 19. The zero-order chi connectivity index (χ0) is 23.9. The first kappa shape index (κ1) is 27.0. The quantitative estimate of drug-likeness (QED) is 0.219. The van der Waals surface area contributed by atoms with Gasteiger partial charge < -0.3 is 14.4 Å². The average molecular weight is 462 g/mol. The summed E-state index contributed by atoms with van der Waals surface area (Å²) in [6, 6.07) is 3.03. The normalized spacial score (nSPS) is 11.3. The molecular weight excluding hydrogens is 418 g/mol. The topological polar surface area (TPSA) is 81.7 Å². The van der Waals surface area contributed by atoms with Crippen molar-refractivity contribution in [3.05, 3.63) is 28.1 Å². The number of hydrogen-bond acceptors (Lipinski definition) is 4. The smallest absolute Gasteiger partial charge is 0.365 e. The fourth-order valence-electron chi connectivity index (χ4n) is 4.41. The molecule has 0 aliphatic heterocycles. The molecule has 1 heterocycles. The number of carboxylic acids is 1. The summed E-state index contributed by atoms with van der Waals surface area (Å²) >= 11 is 0. The molecule has 0 saturated carbocycles. The van der Waals surface area contributed by atoms with E-state index >= 15 is 0 Å². The maximum absolute atomic E-state index is 11.9. The van der Waals surface area contributed by atoms with Crippen molar-refractivity contribution in [2.75, 3.05) is 6.61 Å². The molecule has 0 bridgehead atoms. The molecule has 6 nitrogen and oxygen atoms in total. The highest BCUT2D eigenvalue weighted by atomic mass is 16.5. The molecule has 0 aliphatic rings. The Bertz CT molecular complexity index is 882. The molecule has 0 spiro atoms. The van der Waals surface area contributed by atoms with E-state index in [0.717, 1.165) is 12.8 Å². The molecule has 2 aromatic rings. The number of ether oxygens (including phenoxy) is 1. The van der Waals surface area contributed by atoms with Crippen LogP contribution in [-0.4, -0.2) is 22.4 Å². The highest BCUT2D eigenvalue weighted by molar-refractivity contribution is 6.02. The third-order valence-corrected chi connectivity index (χ3v) is 6.34. The highest BCUT2D eigenvalue weighted by Gasteiger charge is 2.18. The largest absolute Gasteiger partial charge is 0.494 e. The van der Waals surface area contributed by atoms with Gasteiger partial charge in [0.1, 0.15) is 11.3 Å². The predicted octanol–water partition coefficient (Wildman–Crippen LogP) is 7.47. The molecule has 0 amide bonds. The van der Waals surface area contributed by atoms with Gasteiger partial charge in [0, 0.05) is 7.05 Å². The lowest BCUT2D eigenvalue weighted by atomic mass is 10.0. The number of nitrogens with zero attached hydrogens (tertiary/aromatic N) is 1. The number of carboxylic acid groups (broad SMARTS) is 1. The summed E-state index contributed by atoms with van der Waals surface area (Å²) in [5.74, 6) is -0.705. The highest BCUT2D eigenvalue weighted by Crippen LogP contribution is 2.24. The molecule has 2 rings (SSSR count). The Hall–Kier alpha value is -2.24. The summed E-state index contributed by atoms with van der Waals surface area (Å²) in [7, 11) is 1.52. The third kappa shape index (κ3) is 9.65. The fraction of sp³-hybridized carbons (Fsp3) is 0.704. The molecular formula is C27H43NO5. The van der Waals surface area contributed by atoms with Crippen LogP contribution in [0, 0.1) is 0 Å². The number of benzene rings is 1. The molecule has 0 aliphatic carbocycles. The second-order valence-corrected chi connectivity index (χ2v) is 9.20. The maximum atomic E-state index is 11.9. The minimum atomic E-state index is -1.11. The fourth-order valence-corrected chi connectivity index (χ4v) is 4.41. The van der Waals surface area contributed by atoms with Crippen molar-refractivity contribution < 1.29 is 19.2 Å². The third-order valence-electron chi connectivity index (χ3n) is 6.34. The Morgan fingerprint density at radius 1 is 0.848 bits per heavy atom. The molecule has 1 aromatic carbocycles. The van der Waals surface area contributed by atoms with Gasteiger partial charge in [-0.3, -0.25) is 0 Å². The van der Waals surface area contributed by atoms with E-state index in [-0.39, 0.29) is 16.5 Å². The Kier molecular flexibility index (Phi) is 12.7. The lowest BCUT2D eigenvalue weighted by Crippen LogP contribution is -2.04. The first-order valence-electron chi connectivity index (χ1n) is 13.0. The van der Waals surface area contributed by atoms with Gasteiger partial charge in [-0.2, -0.15) is 0 Å². The van der Waals surface area contributed by atoms with E-state index in [1.165, 1.54) is 108 Å². The van der Waals surface area contributed by atoms with E-state index in [4.69, 9.17) is 9.26 Å². The van der Waals surface area contributed by atoms with Crippen molar-refractivity contribution in [2.45, 2.75) is 110 Å². The van der Waals surface area contributed by atoms with Crippen LogP contribution in [0.25, 0.3) is 10.9 Å².